The van der Waals surface area contributed by atoms with Crippen LogP contribution in [0, 0.1) is 11.6 Å². The van der Waals surface area contributed by atoms with E-state index in [0.717, 1.165) is 12.6 Å². The molecule has 0 aliphatic carbocycles. The van der Waals surface area contributed by atoms with Crippen molar-refractivity contribution in [2.24, 2.45) is 0 Å². The topological polar surface area (TPSA) is 55.6 Å². The number of nitrogens with zero attached hydrogens (tertiary/aromatic N) is 4. The Hall–Kier alpha value is -1.89. The van der Waals surface area contributed by atoms with Gasteiger partial charge in [-0.2, -0.15) is 0 Å². The zero-order valence-electron chi connectivity index (χ0n) is 11.5. The first-order chi connectivity index (χ1) is 9.60. The van der Waals surface area contributed by atoms with Crippen molar-refractivity contribution in [3.8, 4) is 0 Å². The van der Waals surface area contributed by atoms with Crippen molar-refractivity contribution < 1.29 is 8.78 Å². The van der Waals surface area contributed by atoms with Crippen LogP contribution in [0.1, 0.15) is 31.3 Å². The molecule has 0 saturated heterocycles. The molecule has 20 heavy (non-hydrogen) atoms. The van der Waals surface area contributed by atoms with E-state index in [4.69, 9.17) is 0 Å². The molecule has 0 bridgehead atoms. The summed E-state index contributed by atoms with van der Waals surface area (Å²) < 4.78 is 27.9. The molecule has 1 aromatic carbocycles. The normalized spacial score (nSPS) is 12.6. The molecule has 1 unspecified atom stereocenters. The van der Waals surface area contributed by atoms with Gasteiger partial charge in [-0.3, -0.25) is 0 Å². The molecule has 1 aromatic heterocycles. The molecule has 1 heterocycles. The van der Waals surface area contributed by atoms with Crippen molar-refractivity contribution in [3.05, 3.63) is 41.2 Å². The third kappa shape index (κ3) is 3.57. The molecule has 0 amide bonds. The largest absolute Gasteiger partial charge is 0.308 e. The predicted octanol–water partition coefficient (Wildman–Crippen LogP) is 1.86. The first-order valence-electron chi connectivity index (χ1n) is 6.54. The first-order valence-corrected chi connectivity index (χ1v) is 6.54. The van der Waals surface area contributed by atoms with Crippen LogP contribution in [0.25, 0.3) is 0 Å². The van der Waals surface area contributed by atoms with E-state index in [1.165, 1.54) is 12.1 Å². The number of rotatable bonds is 6. The number of hydrogen-bond donors (Lipinski definition) is 1. The molecule has 0 radical (unpaired) electrons. The molecule has 1 atom stereocenters. The Labute approximate surface area is 116 Å². The molecule has 0 fully saturated rings. The Morgan fingerprint density at radius 2 is 1.95 bits per heavy atom. The molecule has 0 saturated carbocycles. The van der Waals surface area contributed by atoms with E-state index in [-0.39, 0.29) is 6.04 Å². The quantitative estimate of drug-likeness (QED) is 0.878. The van der Waals surface area contributed by atoms with Crippen LogP contribution in [0.2, 0.25) is 0 Å². The number of aromatic nitrogens is 4. The maximum absolute atomic E-state index is 13.1. The van der Waals surface area contributed by atoms with Crippen molar-refractivity contribution in [2.75, 3.05) is 6.54 Å². The molecule has 5 nitrogen and oxygen atoms in total. The Morgan fingerprint density at radius 3 is 2.60 bits per heavy atom. The first kappa shape index (κ1) is 14.5. The molecule has 0 aliphatic heterocycles. The number of hydrogen-bond acceptors (Lipinski definition) is 4. The summed E-state index contributed by atoms with van der Waals surface area (Å²) in [5.74, 6) is -0.431. The summed E-state index contributed by atoms with van der Waals surface area (Å²) >= 11 is 0. The van der Waals surface area contributed by atoms with Crippen LogP contribution < -0.4 is 5.32 Å². The van der Waals surface area contributed by atoms with E-state index in [2.05, 4.69) is 20.8 Å². The molecule has 7 heteroatoms. The number of nitrogens with one attached hydrogen (secondary N) is 1. The lowest BCUT2D eigenvalue weighted by Gasteiger charge is -2.12. The van der Waals surface area contributed by atoms with Crippen molar-refractivity contribution in [3.63, 3.8) is 0 Å². The molecular formula is C13H17F2N5. The third-order valence-corrected chi connectivity index (χ3v) is 2.99. The van der Waals surface area contributed by atoms with Crippen molar-refractivity contribution in [2.45, 2.75) is 32.9 Å². The lowest BCUT2D eigenvalue weighted by atomic mass is 10.1. The van der Waals surface area contributed by atoms with Crippen LogP contribution in [0.15, 0.2) is 18.2 Å². The molecule has 1 N–H and O–H groups in total. The second-order valence-electron chi connectivity index (χ2n) is 4.57. The number of aryl methyl sites for hydroxylation is 2. The van der Waals surface area contributed by atoms with Crippen molar-refractivity contribution in [1.82, 2.24) is 25.5 Å². The molecule has 2 aromatic rings. The summed E-state index contributed by atoms with van der Waals surface area (Å²) in [7, 11) is 0. The highest BCUT2D eigenvalue weighted by Gasteiger charge is 2.13. The van der Waals surface area contributed by atoms with Crippen molar-refractivity contribution in [1.29, 1.82) is 0 Å². The zero-order valence-corrected chi connectivity index (χ0v) is 11.5. The molecule has 2 rings (SSSR count). The maximum atomic E-state index is 13.1. The fraction of sp³-hybridized carbons (Fsp3) is 0.462. The van der Waals surface area contributed by atoms with Gasteiger partial charge in [-0.1, -0.05) is 6.92 Å². The number of halogens is 2. The van der Waals surface area contributed by atoms with E-state index in [1.807, 2.05) is 13.8 Å². The molecule has 0 aliphatic rings. The van der Waals surface area contributed by atoms with Gasteiger partial charge in [0.05, 0.1) is 6.04 Å². The van der Waals surface area contributed by atoms with Gasteiger partial charge in [0.25, 0.3) is 0 Å². The highest BCUT2D eigenvalue weighted by atomic mass is 19.1. The van der Waals surface area contributed by atoms with Crippen LogP contribution in [0.5, 0.6) is 0 Å². The number of benzene rings is 1. The van der Waals surface area contributed by atoms with Crippen LogP contribution >= 0.6 is 0 Å². The Balaban J connectivity index is 2.05. The smallest absolute Gasteiger partial charge is 0.167 e. The van der Waals surface area contributed by atoms with E-state index in [1.54, 1.807) is 4.68 Å². The van der Waals surface area contributed by atoms with E-state index in [0.29, 0.717) is 24.4 Å². The maximum Gasteiger partial charge on any atom is 0.167 e. The minimum absolute atomic E-state index is 0.0271. The van der Waals surface area contributed by atoms with Gasteiger partial charge in [-0.05, 0) is 48.0 Å². The van der Waals surface area contributed by atoms with Crippen molar-refractivity contribution >= 4 is 0 Å². The van der Waals surface area contributed by atoms with Gasteiger partial charge in [0.1, 0.15) is 11.6 Å². The fourth-order valence-electron chi connectivity index (χ4n) is 2.07. The second kappa shape index (κ2) is 6.51. The van der Waals surface area contributed by atoms with Crippen LogP contribution in [-0.4, -0.2) is 26.8 Å². The molecular weight excluding hydrogens is 264 g/mol. The average Bonchev–Trinajstić information content (AvgIpc) is 2.84. The predicted molar refractivity (Wildman–Crippen MR) is 70.0 cm³/mol. The van der Waals surface area contributed by atoms with Crippen LogP contribution in [0.4, 0.5) is 8.78 Å². The molecule has 0 spiro atoms. The Morgan fingerprint density at radius 1 is 1.25 bits per heavy atom. The van der Waals surface area contributed by atoms with Gasteiger partial charge in [-0.25, -0.2) is 13.5 Å². The summed E-state index contributed by atoms with van der Waals surface area (Å²) in [5.41, 5.74) is 0.583. The lowest BCUT2D eigenvalue weighted by Crippen LogP contribution is -2.22. The fourth-order valence-corrected chi connectivity index (χ4v) is 2.07. The summed E-state index contributed by atoms with van der Waals surface area (Å²) in [5, 5.41) is 14.7. The zero-order chi connectivity index (χ0) is 14.5. The van der Waals surface area contributed by atoms with E-state index < -0.39 is 11.6 Å². The van der Waals surface area contributed by atoms with Gasteiger partial charge in [0.15, 0.2) is 5.82 Å². The summed E-state index contributed by atoms with van der Waals surface area (Å²) in [4.78, 5) is 0. The summed E-state index contributed by atoms with van der Waals surface area (Å²) in [6.07, 6.45) is 0.464. The molecule has 108 valence electrons. The van der Waals surface area contributed by atoms with Gasteiger partial charge < -0.3 is 5.32 Å². The monoisotopic (exact) mass is 281 g/mol. The van der Waals surface area contributed by atoms with E-state index in [9.17, 15) is 8.78 Å². The minimum Gasteiger partial charge on any atom is -0.308 e. The highest BCUT2D eigenvalue weighted by molar-refractivity contribution is 5.17. The Kier molecular flexibility index (Phi) is 4.73. The number of tetrazole rings is 1. The highest BCUT2D eigenvalue weighted by Crippen LogP contribution is 2.11. The lowest BCUT2D eigenvalue weighted by molar-refractivity contribution is 0.494. The van der Waals surface area contributed by atoms with Crippen LogP contribution in [-0.2, 0) is 13.0 Å². The second-order valence-corrected chi connectivity index (χ2v) is 4.57. The standard InChI is InChI=1S/C13H17F2N5/c1-3-16-9(2)13-17-18-19-20(13)5-4-10-6-11(14)8-12(15)7-10/h6-9,16H,3-5H2,1-2H3. The van der Waals surface area contributed by atoms with Gasteiger partial charge in [0.2, 0.25) is 0 Å². The minimum atomic E-state index is -0.571. The Bertz CT molecular complexity index is 549. The van der Waals surface area contributed by atoms with Gasteiger partial charge in [0, 0.05) is 12.6 Å². The van der Waals surface area contributed by atoms with Crippen LogP contribution in [0.3, 0.4) is 0 Å². The average molecular weight is 281 g/mol. The van der Waals surface area contributed by atoms with Gasteiger partial charge in [-0.15, -0.1) is 5.10 Å². The van der Waals surface area contributed by atoms with Gasteiger partial charge >= 0.3 is 0 Å². The summed E-state index contributed by atoms with van der Waals surface area (Å²) in [6, 6.07) is 3.53. The summed E-state index contributed by atoms with van der Waals surface area (Å²) in [6.45, 7) is 5.25. The van der Waals surface area contributed by atoms with E-state index >= 15 is 0 Å². The third-order valence-electron chi connectivity index (χ3n) is 2.99. The SMILES string of the molecule is CCNC(C)c1nnnn1CCc1cc(F)cc(F)c1.